The van der Waals surface area contributed by atoms with Gasteiger partial charge in [0.15, 0.2) is 0 Å². The molecule has 2 fully saturated rings. The number of hydrogen-bond acceptors (Lipinski definition) is 2. The van der Waals surface area contributed by atoms with Crippen molar-refractivity contribution in [1.82, 2.24) is 4.90 Å². The molecule has 1 aliphatic carbocycles. The van der Waals surface area contributed by atoms with Crippen LogP contribution in [0.3, 0.4) is 0 Å². The van der Waals surface area contributed by atoms with E-state index in [0.717, 1.165) is 31.6 Å². The number of urea groups is 1. The zero-order valence-electron chi connectivity index (χ0n) is 13.7. The van der Waals surface area contributed by atoms with Crippen LogP contribution in [0, 0.1) is 11.8 Å². The molecule has 2 aromatic rings. The number of amides is 2. The Morgan fingerprint density at radius 3 is 1.83 bits per heavy atom. The molecule has 24 heavy (non-hydrogen) atoms. The second kappa shape index (κ2) is 7.97. The number of likely N-dealkylation sites (tertiary alicyclic amines) is 1. The molecule has 1 heterocycles. The first-order valence-corrected chi connectivity index (χ1v) is 8.51. The van der Waals surface area contributed by atoms with Gasteiger partial charge in [0, 0.05) is 18.8 Å². The van der Waals surface area contributed by atoms with E-state index in [9.17, 15) is 9.90 Å². The molecule has 2 aliphatic rings. The van der Waals surface area contributed by atoms with E-state index in [4.69, 9.17) is 0 Å². The first-order chi connectivity index (χ1) is 11.7. The molecular weight excluding hydrogens is 300 g/mol. The second-order valence-corrected chi connectivity index (χ2v) is 6.50. The Morgan fingerprint density at radius 2 is 1.33 bits per heavy atom. The third-order valence-corrected chi connectivity index (χ3v) is 4.71. The Morgan fingerprint density at radius 1 is 0.875 bits per heavy atom. The van der Waals surface area contributed by atoms with Crippen LogP contribution in [0.5, 0.6) is 0 Å². The number of aliphatic hydroxyl groups excluding tert-OH is 1. The number of benzene rings is 2. The summed E-state index contributed by atoms with van der Waals surface area (Å²) in [7, 11) is 0. The number of para-hydroxylation sites is 1. The zero-order chi connectivity index (χ0) is 16.8. The highest BCUT2D eigenvalue weighted by molar-refractivity contribution is 5.89. The van der Waals surface area contributed by atoms with Gasteiger partial charge in [0.25, 0.3) is 0 Å². The number of nitrogens with one attached hydrogen (secondary N) is 1. The maximum absolute atomic E-state index is 12.1. The van der Waals surface area contributed by atoms with Crippen LogP contribution in [-0.4, -0.2) is 35.2 Å². The highest BCUT2D eigenvalue weighted by Gasteiger charge is 2.41. The molecule has 1 saturated heterocycles. The molecule has 2 aromatic carbocycles. The van der Waals surface area contributed by atoms with Gasteiger partial charge in [-0.15, -0.1) is 0 Å². The number of carbonyl (C=O) groups excluding carboxylic acids is 1. The Labute approximate surface area is 143 Å². The molecule has 1 unspecified atom stereocenters. The topological polar surface area (TPSA) is 52.6 Å². The van der Waals surface area contributed by atoms with Crippen molar-refractivity contribution in [1.29, 1.82) is 0 Å². The highest BCUT2D eigenvalue weighted by atomic mass is 16.3. The molecule has 4 heteroatoms. The molecule has 0 aromatic heterocycles. The van der Waals surface area contributed by atoms with Crippen LogP contribution in [0.1, 0.15) is 12.8 Å². The molecule has 0 bridgehead atoms. The maximum Gasteiger partial charge on any atom is 0.321 e. The SMILES string of the molecule is O=C(Nc1ccccc1)N1C[C@H]2CC(O)C[C@H]2C1.c1ccccc1. The first-order valence-electron chi connectivity index (χ1n) is 8.51. The number of fused-ring (bicyclic) bond motifs is 1. The normalized spacial score (nSPS) is 24.7. The maximum atomic E-state index is 12.1. The minimum atomic E-state index is -0.153. The predicted molar refractivity (Wildman–Crippen MR) is 95.7 cm³/mol. The third kappa shape index (κ3) is 4.36. The van der Waals surface area contributed by atoms with E-state index < -0.39 is 0 Å². The monoisotopic (exact) mass is 324 g/mol. The lowest BCUT2D eigenvalue weighted by atomic mass is 10.0. The van der Waals surface area contributed by atoms with Crippen molar-refractivity contribution in [2.24, 2.45) is 11.8 Å². The summed E-state index contributed by atoms with van der Waals surface area (Å²) in [6, 6.07) is 21.5. The van der Waals surface area contributed by atoms with E-state index >= 15 is 0 Å². The molecule has 3 atom stereocenters. The van der Waals surface area contributed by atoms with Crippen LogP contribution >= 0.6 is 0 Å². The molecule has 126 valence electrons. The lowest BCUT2D eigenvalue weighted by molar-refractivity contribution is 0.163. The van der Waals surface area contributed by atoms with Crippen molar-refractivity contribution in [3.8, 4) is 0 Å². The van der Waals surface area contributed by atoms with Gasteiger partial charge < -0.3 is 15.3 Å². The Balaban J connectivity index is 0.000000238. The fourth-order valence-electron chi connectivity index (χ4n) is 3.54. The van der Waals surface area contributed by atoms with Crippen LogP contribution in [-0.2, 0) is 0 Å². The second-order valence-electron chi connectivity index (χ2n) is 6.50. The van der Waals surface area contributed by atoms with Crippen LogP contribution in [0.2, 0.25) is 0 Å². The highest BCUT2D eigenvalue weighted by Crippen LogP contribution is 2.38. The van der Waals surface area contributed by atoms with Gasteiger partial charge in [0.1, 0.15) is 0 Å². The standard InChI is InChI=1S/C14H18N2O2.C6H6/c17-13-6-10-8-16(9-11(10)7-13)14(18)15-12-4-2-1-3-5-12;1-2-4-6-5-3-1/h1-5,10-11,13,17H,6-9H2,(H,15,18);1-6H/t10-,11+,13?;. The molecule has 2 amide bonds. The van der Waals surface area contributed by atoms with Crippen LogP contribution in [0.15, 0.2) is 66.7 Å². The van der Waals surface area contributed by atoms with Gasteiger partial charge in [0.2, 0.25) is 0 Å². The van der Waals surface area contributed by atoms with E-state index in [1.165, 1.54) is 0 Å². The average molecular weight is 324 g/mol. The molecule has 4 rings (SSSR count). The van der Waals surface area contributed by atoms with Crippen LogP contribution in [0.4, 0.5) is 10.5 Å². The molecule has 0 spiro atoms. The molecule has 1 saturated carbocycles. The van der Waals surface area contributed by atoms with Crippen LogP contribution in [0.25, 0.3) is 0 Å². The van der Waals surface area contributed by atoms with Gasteiger partial charge in [-0.2, -0.15) is 0 Å². The largest absolute Gasteiger partial charge is 0.393 e. The fourth-order valence-corrected chi connectivity index (χ4v) is 3.54. The van der Waals surface area contributed by atoms with E-state index in [0.29, 0.717) is 11.8 Å². The van der Waals surface area contributed by atoms with E-state index in [-0.39, 0.29) is 12.1 Å². The molecular formula is C20H24N2O2. The average Bonchev–Trinajstić information content (AvgIpc) is 3.15. The third-order valence-electron chi connectivity index (χ3n) is 4.71. The number of nitrogens with zero attached hydrogens (tertiary/aromatic N) is 1. The summed E-state index contributed by atoms with van der Waals surface area (Å²) in [4.78, 5) is 13.9. The van der Waals surface area contributed by atoms with Gasteiger partial charge in [0.05, 0.1) is 6.10 Å². The van der Waals surface area contributed by atoms with Crippen molar-refractivity contribution in [3.63, 3.8) is 0 Å². The number of hydrogen-bond donors (Lipinski definition) is 2. The number of rotatable bonds is 1. The minimum Gasteiger partial charge on any atom is -0.393 e. The Bertz CT molecular complexity index is 592. The summed E-state index contributed by atoms with van der Waals surface area (Å²) in [5, 5.41) is 12.5. The first kappa shape index (κ1) is 16.5. The Kier molecular flexibility index (Phi) is 5.49. The van der Waals surface area contributed by atoms with Crippen molar-refractivity contribution in [2.45, 2.75) is 18.9 Å². The van der Waals surface area contributed by atoms with Gasteiger partial charge in [-0.25, -0.2) is 4.79 Å². The van der Waals surface area contributed by atoms with Crippen molar-refractivity contribution >= 4 is 11.7 Å². The minimum absolute atomic E-state index is 0.0231. The molecule has 2 N–H and O–H groups in total. The van der Waals surface area contributed by atoms with Gasteiger partial charge in [-0.1, -0.05) is 54.6 Å². The van der Waals surface area contributed by atoms with E-state index in [1.54, 1.807) is 0 Å². The lowest BCUT2D eigenvalue weighted by Crippen LogP contribution is -2.34. The van der Waals surface area contributed by atoms with Crippen molar-refractivity contribution in [2.75, 3.05) is 18.4 Å². The van der Waals surface area contributed by atoms with Gasteiger partial charge in [-0.3, -0.25) is 0 Å². The Hall–Kier alpha value is -2.33. The molecule has 4 nitrogen and oxygen atoms in total. The summed E-state index contributed by atoms with van der Waals surface area (Å²) in [6.07, 6.45) is 1.54. The molecule has 1 aliphatic heterocycles. The summed E-state index contributed by atoms with van der Waals surface area (Å²) >= 11 is 0. The summed E-state index contributed by atoms with van der Waals surface area (Å²) in [5.74, 6) is 0.975. The number of anilines is 1. The number of aliphatic hydroxyl groups is 1. The van der Waals surface area contributed by atoms with Gasteiger partial charge >= 0.3 is 6.03 Å². The quantitative estimate of drug-likeness (QED) is 0.842. The van der Waals surface area contributed by atoms with Crippen molar-refractivity contribution in [3.05, 3.63) is 66.7 Å². The summed E-state index contributed by atoms with van der Waals surface area (Å²) in [5.41, 5.74) is 0.833. The van der Waals surface area contributed by atoms with Crippen LogP contribution < -0.4 is 5.32 Å². The van der Waals surface area contributed by atoms with Crippen molar-refractivity contribution < 1.29 is 9.90 Å². The fraction of sp³-hybridized carbons (Fsp3) is 0.350. The van der Waals surface area contributed by atoms with Gasteiger partial charge in [-0.05, 0) is 36.8 Å². The smallest absolute Gasteiger partial charge is 0.321 e. The van der Waals surface area contributed by atoms with E-state index in [1.807, 2.05) is 71.6 Å². The lowest BCUT2D eigenvalue weighted by Gasteiger charge is -2.18. The summed E-state index contributed by atoms with van der Waals surface area (Å²) in [6.45, 7) is 1.56. The summed E-state index contributed by atoms with van der Waals surface area (Å²) < 4.78 is 0. The molecule has 0 radical (unpaired) electrons. The zero-order valence-corrected chi connectivity index (χ0v) is 13.7. The van der Waals surface area contributed by atoms with E-state index in [2.05, 4.69) is 5.32 Å². The predicted octanol–water partition coefficient (Wildman–Crippen LogP) is 3.61. The number of carbonyl (C=O) groups is 1.